The normalized spacial score (nSPS) is 11.1. The van der Waals surface area contributed by atoms with Gasteiger partial charge in [0.05, 0.1) is 11.3 Å². The van der Waals surface area contributed by atoms with Gasteiger partial charge in [-0.15, -0.1) is 35.9 Å². The summed E-state index contributed by atoms with van der Waals surface area (Å²) in [6.07, 6.45) is 1.31. The zero-order valence-electron chi connectivity index (χ0n) is 17.6. The Hall–Kier alpha value is -2.29. The topological polar surface area (TPSA) is 50.2 Å². The third-order valence-corrected chi connectivity index (χ3v) is 4.33. The number of aliphatic hydroxyl groups excluding tert-OH is 1. The van der Waals surface area contributed by atoms with Gasteiger partial charge in [-0.05, 0) is 24.1 Å². The first kappa shape index (κ1) is 24.7. The Morgan fingerprint density at radius 1 is 1.03 bits per heavy atom. The molecular weight excluding hydrogens is 538 g/mol. The average Bonchev–Trinajstić information content (AvgIpc) is 2.68. The first-order valence-corrected chi connectivity index (χ1v) is 9.57. The molecule has 0 aliphatic rings. The molecule has 1 N–H and O–H groups in total. The first-order chi connectivity index (χ1) is 13.3. The van der Waals surface area contributed by atoms with Crippen molar-refractivity contribution < 1.29 is 30.0 Å². The Bertz CT molecular complexity index is 963. The molecule has 0 amide bonds. The quantitative estimate of drug-likeness (QED) is 0.229. The van der Waals surface area contributed by atoms with Crippen LogP contribution in [-0.4, -0.2) is 15.9 Å². The zero-order valence-corrected chi connectivity index (χ0v) is 20.0. The first-order valence-electron chi connectivity index (χ1n) is 9.57. The van der Waals surface area contributed by atoms with Crippen LogP contribution in [0.2, 0.25) is 0 Å². The minimum Gasteiger partial charge on any atom is -0.512 e. The summed E-state index contributed by atoms with van der Waals surface area (Å²) in [5.74, 6) is 0.161. The summed E-state index contributed by atoms with van der Waals surface area (Å²) in [4.78, 5) is 15.7. The number of aliphatic hydroxyl groups is 1. The van der Waals surface area contributed by atoms with Gasteiger partial charge in [0.15, 0.2) is 5.78 Å². The number of aryl methyl sites for hydroxylation is 1. The SMILES string of the molecule is CC(C)C(=O)/C=C(\O)C(C)C.Cc1cc2ccccc2nc1-c1[c-]cccc1.[Ir]. The largest absolute Gasteiger partial charge is 0.512 e. The smallest absolute Gasteiger partial charge is 0.161 e. The monoisotopic (exact) mass is 567 g/mol. The third kappa shape index (κ3) is 7.23. The van der Waals surface area contributed by atoms with E-state index >= 15 is 0 Å². The molecule has 3 rings (SSSR count). The number of pyridine rings is 1. The average molecular weight is 567 g/mol. The van der Waals surface area contributed by atoms with Gasteiger partial charge in [-0.25, -0.2) is 0 Å². The molecule has 0 spiro atoms. The van der Waals surface area contributed by atoms with E-state index in [4.69, 9.17) is 4.98 Å². The van der Waals surface area contributed by atoms with Crippen molar-refractivity contribution in [2.24, 2.45) is 11.8 Å². The molecule has 1 heterocycles. The fourth-order valence-corrected chi connectivity index (χ4v) is 2.51. The molecule has 0 aliphatic carbocycles. The summed E-state index contributed by atoms with van der Waals surface area (Å²) in [6, 6.07) is 21.6. The molecule has 155 valence electrons. The molecule has 0 bridgehead atoms. The fourth-order valence-electron chi connectivity index (χ4n) is 2.51. The molecule has 0 saturated heterocycles. The number of hydrogen-bond acceptors (Lipinski definition) is 3. The van der Waals surface area contributed by atoms with Crippen LogP contribution in [0.15, 0.2) is 66.4 Å². The number of carbonyl (C=O) groups is 1. The molecule has 0 atom stereocenters. The molecule has 0 aliphatic heterocycles. The van der Waals surface area contributed by atoms with Gasteiger partial charge >= 0.3 is 0 Å². The Kier molecular flexibility index (Phi) is 9.94. The van der Waals surface area contributed by atoms with Crippen LogP contribution >= 0.6 is 0 Å². The molecule has 1 radical (unpaired) electrons. The van der Waals surface area contributed by atoms with Gasteiger partial charge in [0, 0.05) is 38.0 Å². The number of nitrogens with zero attached hydrogens (tertiary/aromatic N) is 1. The molecule has 3 nitrogen and oxygen atoms in total. The summed E-state index contributed by atoms with van der Waals surface area (Å²) < 4.78 is 0. The van der Waals surface area contributed by atoms with Gasteiger partial charge in [-0.2, -0.15) is 0 Å². The second-order valence-corrected chi connectivity index (χ2v) is 7.40. The number of carbonyl (C=O) groups excluding carboxylic acids is 1. The van der Waals surface area contributed by atoms with Crippen molar-refractivity contribution in [1.29, 1.82) is 0 Å². The number of ketones is 1. The molecule has 0 saturated carbocycles. The van der Waals surface area contributed by atoms with E-state index in [9.17, 15) is 9.90 Å². The van der Waals surface area contributed by atoms with Gasteiger partial charge < -0.3 is 5.11 Å². The van der Waals surface area contributed by atoms with Crippen molar-refractivity contribution in [1.82, 2.24) is 4.98 Å². The van der Waals surface area contributed by atoms with Gasteiger partial charge in [-0.3, -0.25) is 9.78 Å². The Morgan fingerprint density at radius 3 is 2.28 bits per heavy atom. The Labute approximate surface area is 187 Å². The van der Waals surface area contributed by atoms with Crippen LogP contribution in [0.4, 0.5) is 0 Å². The van der Waals surface area contributed by atoms with Crippen molar-refractivity contribution in [3.05, 3.63) is 78.1 Å². The predicted octanol–water partition coefficient (Wildman–Crippen LogP) is 6.32. The molecule has 3 aromatic rings. The second kappa shape index (κ2) is 11.6. The standard InChI is InChI=1S/C16H12N.C9H16O2.Ir/c1-12-11-14-9-5-6-10-15(14)17-16(12)13-7-3-2-4-8-13;1-6(2)8(10)5-9(11)7(3)4;/h2-7,9-11H,1H3;5-7,10H,1-4H3;/q-1;;/b;8-5-;. The van der Waals surface area contributed by atoms with Gasteiger partial charge in [0.1, 0.15) is 0 Å². The summed E-state index contributed by atoms with van der Waals surface area (Å²) in [6.45, 7) is 9.41. The van der Waals surface area contributed by atoms with E-state index in [2.05, 4.69) is 25.1 Å². The molecule has 1 aromatic heterocycles. The number of aromatic nitrogens is 1. The number of hydrogen-bond donors (Lipinski definition) is 1. The van der Waals surface area contributed by atoms with Gasteiger partial charge in [0.25, 0.3) is 0 Å². The molecular formula is C25H28IrNO2-. The minimum atomic E-state index is -0.0316. The number of fused-ring (bicyclic) bond motifs is 1. The van der Waals surface area contributed by atoms with E-state index in [0.29, 0.717) is 0 Å². The number of allylic oxidation sites excluding steroid dienone is 2. The number of rotatable bonds is 4. The van der Waals surface area contributed by atoms with Crippen LogP contribution in [0.1, 0.15) is 33.3 Å². The van der Waals surface area contributed by atoms with Crippen molar-refractivity contribution in [2.75, 3.05) is 0 Å². The Balaban J connectivity index is 0.000000310. The van der Waals surface area contributed by atoms with Crippen molar-refractivity contribution in [2.45, 2.75) is 34.6 Å². The predicted molar refractivity (Wildman–Crippen MR) is 116 cm³/mol. The number of benzene rings is 2. The second-order valence-electron chi connectivity index (χ2n) is 7.40. The van der Waals surface area contributed by atoms with E-state index in [-0.39, 0.29) is 43.5 Å². The maximum Gasteiger partial charge on any atom is 0.161 e. The summed E-state index contributed by atoms with van der Waals surface area (Å²) in [5.41, 5.74) is 4.29. The van der Waals surface area contributed by atoms with Gasteiger partial charge in [-0.1, -0.05) is 57.5 Å². The van der Waals surface area contributed by atoms with Crippen LogP contribution in [0.3, 0.4) is 0 Å². The van der Waals surface area contributed by atoms with Crippen LogP contribution in [0.5, 0.6) is 0 Å². The van der Waals surface area contributed by atoms with E-state index < -0.39 is 0 Å². The summed E-state index contributed by atoms with van der Waals surface area (Å²) in [7, 11) is 0. The molecule has 4 heteroatoms. The fraction of sp³-hybridized carbons (Fsp3) is 0.280. The Morgan fingerprint density at radius 2 is 1.69 bits per heavy atom. The van der Waals surface area contributed by atoms with E-state index in [1.807, 2.05) is 70.2 Å². The number of para-hydroxylation sites is 1. The molecule has 29 heavy (non-hydrogen) atoms. The van der Waals surface area contributed by atoms with E-state index in [1.165, 1.54) is 17.0 Å². The zero-order chi connectivity index (χ0) is 20.7. The van der Waals surface area contributed by atoms with Gasteiger partial charge in [0.2, 0.25) is 0 Å². The van der Waals surface area contributed by atoms with Crippen LogP contribution in [0.25, 0.3) is 22.2 Å². The maximum absolute atomic E-state index is 11.0. The molecule has 2 aromatic carbocycles. The summed E-state index contributed by atoms with van der Waals surface area (Å²) in [5, 5.41) is 10.4. The van der Waals surface area contributed by atoms with Crippen LogP contribution in [0, 0.1) is 24.8 Å². The maximum atomic E-state index is 11.0. The van der Waals surface area contributed by atoms with E-state index in [0.717, 1.165) is 16.8 Å². The summed E-state index contributed by atoms with van der Waals surface area (Å²) >= 11 is 0. The molecule has 0 unspecified atom stereocenters. The van der Waals surface area contributed by atoms with Crippen molar-refractivity contribution >= 4 is 16.7 Å². The third-order valence-electron chi connectivity index (χ3n) is 4.33. The van der Waals surface area contributed by atoms with Crippen LogP contribution in [-0.2, 0) is 24.9 Å². The van der Waals surface area contributed by atoms with E-state index in [1.54, 1.807) is 0 Å². The van der Waals surface area contributed by atoms with Crippen LogP contribution < -0.4 is 0 Å². The molecule has 0 fully saturated rings. The minimum absolute atomic E-state index is 0. The van der Waals surface area contributed by atoms with Crippen molar-refractivity contribution in [3.63, 3.8) is 0 Å². The van der Waals surface area contributed by atoms with Crippen molar-refractivity contribution in [3.8, 4) is 11.3 Å².